The van der Waals surface area contributed by atoms with Crippen molar-refractivity contribution >= 4 is 0 Å². The molecule has 2 heterocycles. The van der Waals surface area contributed by atoms with E-state index in [1.54, 1.807) is 4.68 Å². The third-order valence-corrected chi connectivity index (χ3v) is 2.93. The number of hydrogen-bond acceptors (Lipinski definition) is 6. The van der Waals surface area contributed by atoms with Crippen molar-refractivity contribution in [2.45, 2.75) is 32.7 Å². The van der Waals surface area contributed by atoms with E-state index < -0.39 is 0 Å². The molecule has 7 heteroatoms. The topological polar surface area (TPSA) is 92.0 Å². The molecule has 110 valence electrons. The Labute approximate surface area is 118 Å². The molecule has 0 fully saturated rings. The summed E-state index contributed by atoms with van der Waals surface area (Å²) in [6.45, 7) is 5.16. The second kappa shape index (κ2) is 6.62. The van der Waals surface area contributed by atoms with Gasteiger partial charge in [-0.05, 0) is 18.9 Å². The summed E-state index contributed by atoms with van der Waals surface area (Å²) in [6, 6.07) is 1.56. The van der Waals surface area contributed by atoms with Gasteiger partial charge in [-0.3, -0.25) is 4.68 Å². The van der Waals surface area contributed by atoms with Gasteiger partial charge in [-0.25, -0.2) is 0 Å². The Balaban J connectivity index is 2.09. The molecule has 0 bridgehead atoms. The van der Waals surface area contributed by atoms with E-state index in [-0.39, 0.29) is 6.04 Å². The van der Waals surface area contributed by atoms with Crippen molar-refractivity contribution in [2.75, 3.05) is 13.2 Å². The van der Waals surface area contributed by atoms with E-state index >= 15 is 0 Å². The molecule has 0 aliphatic carbocycles. The van der Waals surface area contributed by atoms with E-state index in [1.165, 1.54) is 0 Å². The second-order valence-electron chi connectivity index (χ2n) is 4.64. The van der Waals surface area contributed by atoms with Gasteiger partial charge in [0.05, 0.1) is 18.3 Å². The van der Waals surface area contributed by atoms with Crippen LogP contribution in [0.4, 0.5) is 0 Å². The van der Waals surface area contributed by atoms with Gasteiger partial charge in [0.1, 0.15) is 5.69 Å². The minimum atomic E-state index is -0.377. The van der Waals surface area contributed by atoms with Gasteiger partial charge >= 0.3 is 0 Å². The number of nitrogens with zero attached hydrogens (tertiary/aromatic N) is 4. The lowest BCUT2D eigenvalue weighted by Gasteiger charge is -2.06. The quantitative estimate of drug-likeness (QED) is 0.771. The third-order valence-electron chi connectivity index (χ3n) is 2.93. The Hall–Kier alpha value is -1.73. The average molecular weight is 279 g/mol. The number of ether oxygens (including phenoxy) is 1. The fourth-order valence-electron chi connectivity index (χ4n) is 1.82. The van der Waals surface area contributed by atoms with Gasteiger partial charge in [0.15, 0.2) is 5.82 Å². The molecule has 0 amide bonds. The van der Waals surface area contributed by atoms with Crippen molar-refractivity contribution in [1.82, 2.24) is 19.9 Å². The second-order valence-corrected chi connectivity index (χ2v) is 4.64. The Morgan fingerprint density at radius 1 is 1.45 bits per heavy atom. The van der Waals surface area contributed by atoms with Crippen LogP contribution in [-0.2, 0) is 18.2 Å². The predicted molar refractivity (Wildman–Crippen MR) is 73.9 cm³/mol. The summed E-state index contributed by atoms with van der Waals surface area (Å²) in [4.78, 5) is 4.32. The fraction of sp³-hybridized carbons (Fsp3) is 0.615. The lowest BCUT2D eigenvalue weighted by atomic mass is 10.3. The van der Waals surface area contributed by atoms with Crippen LogP contribution in [-0.4, -0.2) is 33.1 Å². The van der Waals surface area contributed by atoms with Crippen molar-refractivity contribution in [2.24, 2.45) is 12.8 Å². The molecular weight excluding hydrogens is 258 g/mol. The molecule has 20 heavy (non-hydrogen) atoms. The van der Waals surface area contributed by atoms with Crippen LogP contribution in [0.1, 0.15) is 37.8 Å². The normalized spacial score (nSPS) is 12.8. The highest BCUT2D eigenvalue weighted by Crippen LogP contribution is 2.19. The molecule has 7 nitrogen and oxygen atoms in total. The Morgan fingerprint density at radius 2 is 2.25 bits per heavy atom. The first-order chi connectivity index (χ1) is 9.65. The maximum Gasteiger partial charge on any atom is 0.276 e. The first-order valence-electron chi connectivity index (χ1n) is 6.85. The Kier molecular flexibility index (Phi) is 4.86. The summed E-state index contributed by atoms with van der Waals surface area (Å²) >= 11 is 0. The molecule has 0 saturated heterocycles. The van der Waals surface area contributed by atoms with Crippen molar-refractivity contribution in [3.05, 3.63) is 17.6 Å². The van der Waals surface area contributed by atoms with E-state index in [0.717, 1.165) is 24.2 Å². The highest BCUT2D eigenvalue weighted by molar-refractivity contribution is 5.47. The molecule has 1 unspecified atom stereocenters. The Morgan fingerprint density at radius 3 is 2.90 bits per heavy atom. The van der Waals surface area contributed by atoms with Crippen LogP contribution in [0.15, 0.2) is 10.6 Å². The maximum atomic E-state index is 5.96. The highest BCUT2D eigenvalue weighted by atomic mass is 16.5. The first kappa shape index (κ1) is 14.7. The summed E-state index contributed by atoms with van der Waals surface area (Å²) in [5.74, 6) is 0.885. The molecule has 0 saturated carbocycles. The monoisotopic (exact) mass is 279 g/mol. The summed E-state index contributed by atoms with van der Waals surface area (Å²) in [6.07, 6.45) is 1.82. The van der Waals surface area contributed by atoms with Crippen LogP contribution >= 0.6 is 0 Å². The van der Waals surface area contributed by atoms with Crippen LogP contribution in [0.25, 0.3) is 11.6 Å². The lowest BCUT2D eigenvalue weighted by Crippen LogP contribution is -2.18. The summed E-state index contributed by atoms with van der Waals surface area (Å²) < 4.78 is 12.4. The highest BCUT2D eigenvalue weighted by Gasteiger charge is 2.18. The summed E-state index contributed by atoms with van der Waals surface area (Å²) in [7, 11) is 1.85. The zero-order chi connectivity index (χ0) is 14.5. The number of aryl methyl sites for hydroxylation is 2. The van der Waals surface area contributed by atoms with Gasteiger partial charge in [-0.1, -0.05) is 19.0 Å². The lowest BCUT2D eigenvalue weighted by molar-refractivity contribution is 0.119. The van der Waals surface area contributed by atoms with Gasteiger partial charge in [0, 0.05) is 13.7 Å². The molecule has 0 aromatic carbocycles. The van der Waals surface area contributed by atoms with Crippen LogP contribution in [0.3, 0.4) is 0 Å². The van der Waals surface area contributed by atoms with Gasteiger partial charge in [0.25, 0.3) is 5.89 Å². The number of nitrogens with two attached hydrogens (primary N) is 1. The summed E-state index contributed by atoms with van der Waals surface area (Å²) in [5.41, 5.74) is 7.74. The molecule has 2 N–H and O–H groups in total. The number of rotatable bonds is 7. The van der Waals surface area contributed by atoms with E-state index in [4.69, 9.17) is 15.0 Å². The number of aromatic nitrogens is 4. The molecule has 2 aromatic heterocycles. The molecule has 0 radical (unpaired) electrons. The van der Waals surface area contributed by atoms with Crippen LogP contribution in [0.5, 0.6) is 0 Å². The maximum absolute atomic E-state index is 5.96. The third kappa shape index (κ3) is 3.23. The fourth-order valence-corrected chi connectivity index (χ4v) is 1.82. The van der Waals surface area contributed by atoms with Crippen molar-refractivity contribution in [3.8, 4) is 11.6 Å². The largest absolute Gasteiger partial charge is 0.379 e. The van der Waals surface area contributed by atoms with Crippen LogP contribution < -0.4 is 5.73 Å². The molecule has 0 aliphatic heterocycles. The SMILES string of the molecule is CCCOCC(N)c1noc(-c2cc(CC)nn2C)n1. The minimum Gasteiger partial charge on any atom is -0.379 e. The molecule has 0 aliphatic rings. The van der Waals surface area contributed by atoms with Gasteiger partial charge in [-0.15, -0.1) is 0 Å². The zero-order valence-corrected chi connectivity index (χ0v) is 12.2. The van der Waals surface area contributed by atoms with E-state index in [0.29, 0.717) is 24.9 Å². The summed E-state index contributed by atoms with van der Waals surface area (Å²) in [5, 5.41) is 8.27. The molecule has 0 spiro atoms. The van der Waals surface area contributed by atoms with Crippen LogP contribution in [0, 0.1) is 0 Å². The zero-order valence-electron chi connectivity index (χ0n) is 12.2. The van der Waals surface area contributed by atoms with Crippen molar-refractivity contribution in [3.63, 3.8) is 0 Å². The van der Waals surface area contributed by atoms with Gasteiger partial charge in [-0.2, -0.15) is 10.1 Å². The molecule has 2 aromatic rings. The first-order valence-corrected chi connectivity index (χ1v) is 6.85. The van der Waals surface area contributed by atoms with Crippen LogP contribution in [0.2, 0.25) is 0 Å². The van der Waals surface area contributed by atoms with Crippen molar-refractivity contribution in [1.29, 1.82) is 0 Å². The molecule has 2 rings (SSSR count). The standard InChI is InChI=1S/C13H21N5O2/c1-4-6-19-8-10(14)12-15-13(20-17-12)11-7-9(5-2)16-18(11)3/h7,10H,4-6,8,14H2,1-3H3. The number of hydrogen-bond donors (Lipinski definition) is 1. The smallest absolute Gasteiger partial charge is 0.276 e. The molecule has 1 atom stereocenters. The average Bonchev–Trinajstić information content (AvgIpc) is 3.05. The minimum absolute atomic E-state index is 0.377. The van der Waals surface area contributed by atoms with Crippen molar-refractivity contribution < 1.29 is 9.26 Å². The predicted octanol–water partition coefficient (Wildman–Crippen LogP) is 1.46. The molecular formula is C13H21N5O2. The van der Waals surface area contributed by atoms with E-state index in [9.17, 15) is 0 Å². The van der Waals surface area contributed by atoms with E-state index in [2.05, 4.69) is 15.2 Å². The Bertz CT molecular complexity index is 549. The van der Waals surface area contributed by atoms with E-state index in [1.807, 2.05) is 27.0 Å². The van der Waals surface area contributed by atoms with Gasteiger partial charge in [0.2, 0.25) is 0 Å². The van der Waals surface area contributed by atoms with Gasteiger partial charge < -0.3 is 15.0 Å².